The second-order valence-corrected chi connectivity index (χ2v) is 4.79. The molecule has 0 spiro atoms. The fourth-order valence-corrected chi connectivity index (χ4v) is 2.44. The maximum absolute atomic E-state index is 11.7. The Balaban J connectivity index is 2.46. The van der Waals surface area contributed by atoms with Crippen LogP contribution in [0.3, 0.4) is 0 Å². The van der Waals surface area contributed by atoms with Gasteiger partial charge in [0.25, 0.3) is 5.56 Å². The lowest BCUT2D eigenvalue weighted by Crippen LogP contribution is -2.50. The Hall–Kier alpha value is -1.65. The summed E-state index contributed by atoms with van der Waals surface area (Å²) >= 11 is 0. The lowest BCUT2D eigenvalue weighted by atomic mass is 9.77. The molecule has 17 heavy (non-hydrogen) atoms. The van der Waals surface area contributed by atoms with Gasteiger partial charge >= 0.3 is 5.97 Å². The number of aliphatic carboxylic acids is 1. The van der Waals surface area contributed by atoms with Crippen LogP contribution >= 0.6 is 0 Å². The van der Waals surface area contributed by atoms with Crippen molar-refractivity contribution < 1.29 is 9.90 Å². The minimum Gasteiger partial charge on any atom is -0.479 e. The van der Waals surface area contributed by atoms with E-state index in [0.717, 1.165) is 17.5 Å². The monoisotopic (exact) mass is 236 g/mol. The van der Waals surface area contributed by atoms with Crippen molar-refractivity contribution in [3.05, 3.63) is 28.7 Å². The second-order valence-electron chi connectivity index (χ2n) is 4.79. The third kappa shape index (κ3) is 1.97. The zero-order valence-corrected chi connectivity index (χ0v) is 9.80. The lowest BCUT2D eigenvalue weighted by Gasteiger charge is -2.35. The standard InChI is InChI=1S/C12H16N2O3/c1-9-4-6-12(7-5-9,11(16)17)14-10(15)3-2-8-13-14/h2-3,8-9H,4-7H2,1H3,(H,16,17). The number of nitrogens with zero attached hydrogens (tertiary/aromatic N) is 2. The molecular formula is C12H16N2O3. The van der Waals surface area contributed by atoms with Crippen molar-refractivity contribution in [1.29, 1.82) is 0 Å². The first-order valence-electron chi connectivity index (χ1n) is 5.84. The quantitative estimate of drug-likeness (QED) is 0.838. The molecule has 1 saturated carbocycles. The highest BCUT2D eigenvalue weighted by Crippen LogP contribution is 2.36. The predicted octanol–water partition coefficient (Wildman–Crippen LogP) is 1.23. The number of hydrogen-bond donors (Lipinski definition) is 1. The minimum absolute atomic E-state index is 0.343. The van der Waals surface area contributed by atoms with Gasteiger partial charge < -0.3 is 5.11 Å². The average Bonchev–Trinajstić information content (AvgIpc) is 2.31. The zero-order chi connectivity index (χ0) is 12.5. The molecule has 0 amide bonds. The van der Waals surface area contributed by atoms with Crippen LogP contribution in [-0.4, -0.2) is 20.9 Å². The molecule has 0 atom stereocenters. The summed E-state index contributed by atoms with van der Waals surface area (Å²) < 4.78 is 1.14. The van der Waals surface area contributed by atoms with Crippen LogP contribution in [0.15, 0.2) is 23.1 Å². The number of hydrogen-bond acceptors (Lipinski definition) is 3. The van der Waals surface area contributed by atoms with Crippen LogP contribution < -0.4 is 5.56 Å². The Morgan fingerprint density at radius 1 is 1.53 bits per heavy atom. The highest BCUT2D eigenvalue weighted by Gasteiger charge is 2.44. The van der Waals surface area contributed by atoms with E-state index in [1.165, 1.54) is 18.3 Å². The number of carbonyl (C=O) groups is 1. The van der Waals surface area contributed by atoms with Crippen molar-refractivity contribution in [2.24, 2.45) is 5.92 Å². The van der Waals surface area contributed by atoms with E-state index >= 15 is 0 Å². The third-order valence-electron chi connectivity index (χ3n) is 3.62. The van der Waals surface area contributed by atoms with E-state index in [2.05, 4.69) is 12.0 Å². The summed E-state index contributed by atoms with van der Waals surface area (Å²) in [4.78, 5) is 23.3. The molecule has 1 aromatic rings. The van der Waals surface area contributed by atoms with Crippen LogP contribution in [0.2, 0.25) is 0 Å². The van der Waals surface area contributed by atoms with Gasteiger partial charge in [0.2, 0.25) is 0 Å². The first-order valence-corrected chi connectivity index (χ1v) is 5.84. The normalized spacial score (nSPS) is 28.9. The highest BCUT2D eigenvalue weighted by molar-refractivity contribution is 5.76. The molecule has 92 valence electrons. The minimum atomic E-state index is -1.15. The summed E-state index contributed by atoms with van der Waals surface area (Å²) in [5, 5.41) is 13.4. The van der Waals surface area contributed by atoms with Gasteiger partial charge in [-0.3, -0.25) is 4.79 Å². The Morgan fingerprint density at radius 3 is 2.71 bits per heavy atom. The largest absolute Gasteiger partial charge is 0.479 e. The summed E-state index contributed by atoms with van der Waals surface area (Å²) in [6.07, 6.45) is 4.04. The smallest absolute Gasteiger partial charge is 0.331 e. The maximum atomic E-state index is 11.7. The number of carboxylic acid groups (broad SMARTS) is 1. The highest BCUT2D eigenvalue weighted by atomic mass is 16.4. The summed E-state index contributed by atoms with van der Waals surface area (Å²) in [7, 11) is 0. The van der Waals surface area contributed by atoms with E-state index in [1.807, 2.05) is 0 Å². The summed E-state index contributed by atoms with van der Waals surface area (Å²) in [5.41, 5.74) is -1.49. The summed E-state index contributed by atoms with van der Waals surface area (Å²) in [6.45, 7) is 2.10. The molecule has 1 heterocycles. The van der Waals surface area contributed by atoms with E-state index in [0.29, 0.717) is 18.8 Å². The van der Waals surface area contributed by atoms with Crippen molar-refractivity contribution in [2.45, 2.75) is 38.1 Å². The second kappa shape index (κ2) is 4.31. The molecule has 1 aromatic heterocycles. The average molecular weight is 236 g/mol. The molecule has 5 nitrogen and oxygen atoms in total. The van der Waals surface area contributed by atoms with E-state index in [-0.39, 0.29) is 5.56 Å². The Kier molecular flexibility index (Phi) is 3.00. The molecule has 0 radical (unpaired) electrons. The van der Waals surface area contributed by atoms with Gasteiger partial charge in [0.1, 0.15) is 0 Å². The van der Waals surface area contributed by atoms with Crippen molar-refractivity contribution in [2.75, 3.05) is 0 Å². The van der Waals surface area contributed by atoms with Crippen molar-refractivity contribution in [1.82, 2.24) is 9.78 Å². The van der Waals surface area contributed by atoms with Crippen LogP contribution in [-0.2, 0) is 10.3 Å². The summed E-state index contributed by atoms with van der Waals surface area (Å²) in [6, 6.07) is 2.88. The van der Waals surface area contributed by atoms with Gasteiger partial charge in [-0.1, -0.05) is 6.92 Å². The molecule has 2 rings (SSSR count). The number of carboxylic acids is 1. The van der Waals surface area contributed by atoms with Gasteiger partial charge in [-0.15, -0.1) is 0 Å². The molecule has 1 N–H and O–H groups in total. The van der Waals surface area contributed by atoms with E-state index in [9.17, 15) is 14.7 Å². The number of aromatic nitrogens is 2. The predicted molar refractivity (Wildman–Crippen MR) is 61.7 cm³/mol. The van der Waals surface area contributed by atoms with Crippen LogP contribution in [0.25, 0.3) is 0 Å². The topological polar surface area (TPSA) is 72.2 Å². The van der Waals surface area contributed by atoms with Crippen LogP contribution in [0.1, 0.15) is 32.6 Å². The van der Waals surface area contributed by atoms with Gasteiger partial charge in [0, 0.05) is 12.3 Å². The first kappa shape index (κ1) is 11.8. The SMILES string of the molecule is CC1CCC(C(=O)O)(n2ncccc2=O)CC1. The molecule has 0 aliphatic heterocycles. The van der Waals surface area contributed by atoms with Crippen molar-refractivity contribution >= 4 is 5.97 Å². The fraction of sp³-hybridized carbons (Fsp3) is 0.583. The van der Waals surface area contributed by atoms with Crippen LogP contribution in [0, 0.1) is 5.92 Å². The molecule has 0 saturated heterocycles. The van der Waals surface area contributed by atoms with Crippen molar-refractivity contribution in [3.63, 3.8) is 0 Å². The van der Waals surface area contributed by atoms with E-state index < -0.39 is 11.5 Å². The zero-order valence-electron chi connectivity index (χ0n) is 9.80. The molecule has 0 unspecified atom stereocenters. The fourth-order valence-electron chi connectivity index (χ4n) is 2.44. The van der Waals surface area contributed by atoms with E-state index in [1.54, 1.807) is 0 Å². The van der Waals surface area contributed by atoms with Gasteiger partial charge in [-0.05, 0) is 37.7 Å². The molecule has 1 fully saturated rings. The molecule has 1 aliphatic carbocycles. The molecule has 5 heteroatoms. The summed E-state index contributed by atoms with van der Waals surface area (Å²) in [5.74, 6) is -0.438. The molecule has 0 aromatic carbocycles. The van der Waals surface area contributed by atoms with Crippen LogP contribution in [0.4, 0.5) is 0 Å². The molecule has 1 aliphatic rings. The Labute approximate surface area is 99.1 Å². The Morgan fingerprint density at radius 2 is 2.18 bits per heavy atom. The maximum Gasteiger partial charge on any atom is 0.331 e. The van der Waals surface area contributed by atoms with Gasteiger partial charge in [-0.2, -0.15) is 5.10 Å². The van der Waals surface area contributed by atoms with Crippen LogP contribution in [0.5, 0.6) is 0 Å². The lowest BCUT2D eigenvalue weighted by molar-refractivity contribution is -0.151. The molecular weight excluding hydrogens is 220 g/mol. The van der Waals surface area contributed by atoms with Gasteiger partial charge in [0.05, 0.1) is 0 Å². The van der Waals surface area contributed by atoms with E-state index in [4.69, 9.17) is 0 Å². The number of rotatable bonds is 2. The third-order valence-corrected chi connectivity index (χ3v) is 3.62. The molecule has 0 bridgehead atoms. The van der Waals surface area contributed by atoms with Gasteiger partial charge in [-0.25, -0.2) is 9.48 Å². The van der Waals surface area contributed by atoms with Crippen molar-refractivity contribution in [3.8, 4) is 0 Å². The first-order chi connectivity index (χ1) is 8.06. The van der Waals surface area contributed by atoms with Gasteiger partial charge in [0.15, 0.2) is 5.54 Å². The Bertz CT molecular complexity index is 473.